The molecule has 108 valence electrons. The lowest BCUT2D eigenvalue weighted by molar-refractivity contribution is 0.00409. The maximum atomic E-state index is 5.93. The zero-order chi connectivity index (χ0) is 14.4. The van der Waals surface area contributed by atoms with Crippen molar-refractivity contribution in [3.63, 3.8) is 0 Å². The zero-order valence-electron chi connectivity index (χ0n) is 13.0. The van der Waals surface area contributed by atoms with Crippen LogP contribution in [0.25, 0.3) is 0 Å². The van der Waals surface area contributed by atoms with Crippen LogP contribution in [-0.2, 0) is 4.74 Å². The van der Waals surface area contributed by atoms with E-state index < -0.39 is 0 Å². The summed E-state index contributed by atoms with van der Waals surface area (Å²) in [6, 6.07) is 6.40. The third-order valence-corrected chi connectivity index (χ3v) is 3.38. The molecule has 3 heteroatoms. The van der Waals surface area contributed by atoms with Crippen molar-refractivity contribution in [1.29, 1.82) is 0 Å². The van der Waals surface area contributed by atoms with Gasteiger partial charge in [0.25, 0.3) is 0 Å². The Hall–Kier alpha value is -1.06. The molecule has 2 unspecified atom stereocenters. The summed E-state index contributed by atoms with van der Waals surface area (Å²) in [6.45, 7) is 9.23. The lowest BCUT2D eigenvalue weighted by Crippen LogP contribution is -2.35. The Labute approximate surface area is 117 Å². The molecular weight excluding hydrogens is 238 g/mol. The summed E-state index contributed by atoms with van der Waals surface area (Å²) in [4.78, 5) is 0. The van der Waals surface area contributed by atoms with Crippen LogP contribution in [0.2, 0.25) is 0 Å². The van der Waals surface area contributed by atoms with Gasteiger partial charge in [0.15, 0.2) is 0 Å². The van der Waals surface area contributed by atoms with Gasteiger partial charge in [-0.1, -0.05) is 31.5 Å². The van der Waals surface area contributed by atoms with Gasteiger partial charge in [0.05, 0.1) is 19.3 Å². The molecule has 0 bridgehead atoms. The minimum absolute atomic E-state index is 0.130. The van der Waals surface area contributed by atoms with E-state index in [1.54, 1.807) is 7.11 Å². The Morgan fingerprint density at radius 2 is 1.95 bits per heavy atom. The molecule has 1 aromatic carbocycles. The highest BCUT2D eigenvalue weighted by molar-refractivity contribution is 5.39. The van der Waals surface area contributed by atoms with E-state index in [2.05, 4.69) is 38.2 Å². The molecule has 0 aromatic heterocycles. The van der Waals surface area contributed by atoms with Gasteiger partial charge in [-0.05, 0) is 32.9 Å². The quantitative estimate of drug-likeness (QED) is 0.820. The average Bonchev–Trinajstić information content (AvgIpc) is 2.38. The molecule has 0 aliphatic rings. The Morgan fingerprint density at radius 3 is 2.42 bits per heavy atom. The van der Waals surface area contributed by atoms with E-state index in [9.17, 15) is 0 Å². The average molecular weight is 265 g/mol. The van der Waals surface area contributed by atoms with E-state index in [1.165, 1.54) is 5.56 Å². The SMILES string of the molecule is CCOC(C(C)C)C(NC)c1cc(C)ccc1OC. The number of aryl methyl sites for hydroxylation is 1. The lowest BCUT2D eigenvalue weighted by atomic mass is 9.92. The summed E-state index contributed by atoms with van der Waals surface area (Å²) in [7, 11) is 3.69. The number of ether oxygens (including phenoxy) is 2. The molecule has 0 heterocycles. The smallest absolute Gasteiger partial charge is 0.123 e. The van der Waals surface area contributed by atoms with E-state index in [1.807, 2.05) is 20.0 Å². The molecule has 0 amide bonds. The Kier molecular flexibility index (Phi) is 6.32. The fraction of sp³-hybridized carbons (Fsp3) is 0.625. The molecule has 0 aliphatic carbocycles. The number of benzene rings is 1. The van der Waals surface area contributed by atoms with E-state index in [-0.39, 0.29) is 12.1 Å². The third-order valence-electron chi connectivity index (χ3n) is 3.38. The molecule has 3 nitrogen and oxygen atoms in total. The molecule has 1 aromatic rings. The fourth-order valence-electron chi connectivity index (χ4n) is 2.46. The van der Waals surface area contributed by atoms with Gasteiger partial charge in [-0.2, -0.15) is 0 Å². The van der Waals surface area contributed by atoms with Gasteiger partial charge in [0.1, 0.15) is 5.75 Å². The maximum Gasteiger partial charge on any atom is 0.123 e. The Bertz CT molecular complexity index is 390. The van der Waals surface area contributed by atoms with Gasteiger partial charge in [0.2, 0.25) is 0 Å². The van der Waals surface area contributed by atoms with Gasteiger partial charge in [-0.25, -0.2) is 0 Å². The van der Waals surface area contributed by atoms with E-state index in [0.29, 0.717) is 5.92 Å². The second-order valence-electron chi connectivity index (χ2n) is 5.18. The molecule has 2 atom stereocenters. The highest BCUT2D eigenvalue weighted by atomic mass is 16.5. The van der Waals surface area contributed by atoms with Crippen LogP contribution >= 0.6 is 0 Å². The van der Waals surface area contributed by atoms with Crippen molar-refractivity contribution < 1.29 is 9.47 Å². The molecule has 19 heavy (non-hydrogen) atoms. The van der Waals surface area contributed by atoms with Crippen LogP contribution in [0.5, 0.6) is 5.75 Å². The summed E-state index contributed by atoms with van der Waals surface area (Å²) >= 11 is 0. The van der Waals surface area contributed by atoms with Crippen LogP contribution in [0, 0.1) is 12.8 Å². The highest BCUT2D eigenvalue weighted by Gasteiger charge is 2.27. The van der Waals surface area contributed by atoms with Gasteiger partial charge < -0.3 is 14.8 Å². The number of hydrogen-bond donors (Lipinski definition) is 1. The first-order chi connectivity index (χ1) is 9.04. The molecule has 0 aliphatic heterocycles. The zero-order valence-corrected chi connectivity index (χ0v) is 13.0. The summed E-state index contributed by atoms with van der Waals surface area (Å²) in [5.41, 5.74) is 2.40. The van der Waals surface area contributed by atoms with Crippen LogP contribution in [-0.4, -0.2) is 26.9 Å². The lowest BCUT2D eigenvalue weighted by Gasteiger charge is -2.31. The number of hydrogen-bond acceptors (Lipinski definition) is 3. The molecular formula is C16H27NO2. The normalized spacial score (nSPS) is 14.5. The largest absolute Gasteiger partial charge is 0.496 e. The first kappa shape index (κ1) is 16.0. The van der Waals surface area contributed by atoms with Crippen LogP contribution in [0.1, 0.15) is 37.9 Å². The molecule has 1 rings (SSSR count). The minimum atomic E-state index is 0.130. The molecule has 0 saturated heterocycles. The summed E-state index contributed by atoms with van der Waals surface area (Å²) in [5, 5.41) is 3.38. The first-order valence-corrected chi connectivity index (χ1v) is 6.98. The monoisotopic (exact) mass is 265 g/mol. The van der Waals surface area contributed by atoms with Gasteiger partial charge in [-0.3, -0.25) is 0 Å². The van der Waals surface area contributed by atoms with Crippen LogP contribution in [0.3, 0.4) is 0 Å². The number of rotatable bonds is 7. The van der Waals surface area contributed by atoms with Crippen molar-refractivity contribution in [2.75, 3.05) is 20.8 Å². The van der Waals surface area contributed by atoms with E-state index in [0.717, 1.165) is 17.9 Å². The molecule has 1 N–H and O–H groups in total. The number of methoxy groups -OCH3 is 1. The predicted molar refractivity (Wildman–Crippen MR) is 79.8 cm³/mol. The van der Waals surface area contributed by atoms with Crippen molar-refractivity contribution >= 4 is 0 Å². The first-order valence-electron chi connectivity index (χ1n) is 6.98. The molecule has 0 fully saturated rings. The highest BCUT2D eigenvalue weighted by Crippen LogP contribution is 2.32. The second kappa shape index (κ2) is 7.51. The van der Waals surface area contributed by atoms with Crippen LogP contribution in [0.15, 0.2) is 18.2 Å². The van der Waals surface area contributed by atoms with Crippen molar-refractivity contribution in [2.45, 2.75) is 39.8 Å². The predicted octanol–water partition coefficient (Wildman–Crippen LogP) is 3.33. The summed E-state index contributed by atoms with van der Waals surface area (Å²) < 4.78 is 11.4. The molecule has 0 radical (unpaired) electrons. The minimum Gasteiger partial charge on any atom is -0.496 e. The van der Waals surface area contributed by atoms with E-state index >= 15 is 0 Å². The molecule has 0 spiro atoms. The van der Waals surface area contributed by atoms with Crippen LogP contribution in [0.4, 0.5) is 0 Å². The topological polar surface area (TPSA) is 30.5 Å². The maximum absolute atomic E-state index is 5.93. The second-order valence-corrected chi connectivity index (χ2v) is 5.18. The van der Waals surface area contributed by atoms with Gasteiger partial charge in [0, 0.05) is 12.2 Å². The third kappa shape index (κ3) is 3.95. The summed E-state index contributed by atoms with van der Waals surface area (Å²) in [6.07, 6.45) is 0.130. The van der Waals surface area contributed by atoms with E-state index in [4.69, 9.17) is 9.47 Å². The fourth-order valence-corrected chi connectivity index (χ4v) is 2.46. The van der Waals surface area contributed by atoms with Crippen molar-refractivity contribution in [1.82, 2.24) is 5.32 Å². The number of nitrogens with one attached hydrogen (secondary N) is 1. The summed E-state index contributed by atoms with van der Waals surface area (Å²) in [5.74, 6) is 1.35. The van der Waals surface area contributed by atoms with Crippen molar-refractivity contribution in [3.05, 3.63) is 29.3 Å². The molecule has 0 saturated carbocycles. The van der Waals surface area contributed by atoms with Gasteiger partial charge >= 0.3 is 0 Å². The van der Waals surface area contributed by atoms with Crippen molar-refractivity contribution in [2.24, 2.45) is 5.92 Å². The Morgan fingerprint density at radius 1 is 1.26 bits per heavy atom. The Balaban J connectivity index is 3.16. The van der Waals surface area contributed by atoms with Gasteiger partial charge in [-0.15, -0.1) is 0 Å². The van der Waals surface area contributed by atoms with Crippen molar-refractivity contribution in [3.8, 4) is 5.75 Å². The number of likely N-dealkylation sites (N-methyl/N-ethyl adjacent to an activating group) is 1. The standard InChI is InChI=1S/C16H27NO2/c1-7-19-16(11(2)3)15(17-5)13-10-12(4)8-9-14(13)18-6/h8-11,15-17H,7H2,1-6H3. The van der Waals surface area contributed by atoms with Crippen LogP contribution < -0.4 is 10.1 Å².